The van der Waals surface area contributed by atoms with Crippen LogP contribution in [-0.4, -0.2) is 36.4 Å². The van der Waals surface area contributed by atoms with Crippen LogP contribution in [0.15, 0.2) is 85.1 Å². The van der Waals surface area contributed by atoms with Gasteiger partial charge in [0.1, 0.15) is 19.3 Å². The third-order valence-corrected chi connectivity index (χ3v) is 8.12. The molecule has 0 rings (SSSR count). The van der Waals surface area contributed by atoms with Gasteiger partial charge < -0.3 is 14.6 Å². The Morgan fingerprint density at radius 1 is 0.420 bits per heavy atom. The molecule has 0 fully saturated rings. The zero-order valence-corrected chi connectivity index (χ0v) is 32.1. The average Bonchev–Trinajstić information content (AvgIpc) is 3.12. The number of rotatable bonds is 35. The molecule has 5 heteroatoms. The average molecular weight is 695 g/mol. The van der Waals surface area contributed by atoms with Crippen LogP contribution in [0, 0.1) is 0 Å². The number of hydrogen-bond donors (Lipinski definition) is 1. The van der Waals surface area contributed by atoms with E-state index in [4.69, 9.17) is 9.47 Å². The fraction of sp³-hybridized carbons (Fsp3) is 0.644. The second kappa shape index (κ2) is 40.5. The van der Waals surface area contributed by atoms with Crippen LogP contribution in [0.3, 0.4) is 0 Å². The van der Waals surface area contributed by atoms with Gasteiger partial charge in [-0.25, -0.2) is 0 Å². The van der Waals surface area contributed by atoms with Gasteiger partial charge in [-0.2, -0.15) is 0 Å². The van der Waals surface area contributed by atoms with Crippen LogP contribution in [-0.2, 0) is 19.1 Å². The summed E-state index contributed by atoms with van der Waals surface area (Å²) in [5.41, 5.74) is 0. The highest BCUT2D eigenvalue weighted by Crippen LogP contribution is 2.11. The summed E-state index contributed by atoms with van der Waals surface area (Å²) in [6.07, 6.45) is 55.0. The van der Waals surface area contributed by atoms with Crippen molar-refractivity contribution in [3.63, 3.8) is 0 Å². The molecular weight excluding hydrogens is 620 g/mol. The highest BCUT2D eigenvalue weighted by Gasteiger charge is 2.11. The van der Waals surface area contributed by atoms with Gasteiger partial charge in [-0.15, -0.1) is 0 Å². The van der Waals surface area contributed by atoms with Gasteiger partial charge in [-0.05, 0) is 83.5 Å². The third kappa shape index (κ3) is 39.5. The molecule has 0 aromatic rings. The van der Waals surface area contributed by atoms with Gasteiger partial charge in [0.25, 0.3) is 0 Å². The number of unbranched alkanes of at least 4 members (excludes halogenated alkanes) is 13. The van der Waals surface area contributed by atoms with E-state index in [-0.39, 0.29) is 31.6 Å². The molecule has 0 aliphatic heterocycles. The van der Waals surface area contributed by atoms with E-state index < -0.39 is 6.10 Å². The molecule has 0 radical (unpaired) electrons. The third-order valence-electron chi connectivity index (χ3n) is 8.12. The van der Waals surface area contributed by atoms with Gasteiger partial charge in [0.05, 0.1) is 0 Å². The Morgan fingerprint density at radius 3 is 1.16 bits per heavy atom. The van der Waals surface area contributed by atoms with Crippen LogP contribution in [0.5, 0.6) is 0 Å². The van der Waals surface area contributed by atoms with Gasteiger partial charge in [0, 0.05) is 12.8 Å². The monoisotopic (exact) mass is 695 g/mol. The molecule has 0 aliphatic rings. The van der Waals surface area contributed by atoms with Crippen LogP contribution >= 0.6 is 0 Å². The number of ether oxygens (including phenoxy) is 2. The number of carbonyl (C=O) groups excluding carboxylic acids is 2. The van der Waals surface area contributed by atoms with Crippen molar-refractivity contribution < 1.29 is 24.2 Å². The molecule has 0 heterocycles. The lowest BCUT2D eigenvalue weighted by molar-refractivity contribution is -0.152. The molecule has 0 saturated heterocycles. The Morgan fingerprint density at radius 2 is 0.740 bits per heavy atom. The van der Waals surface area contributed by atoms with Crippen molar-refractivity contribution in [1.29, 1.82) is 0 Å². The molecule has 0 spiro atoms. The van der Waals surface area contributed by atoms with E-state index in [9.17, 15) is 14.7 Å². The van der Waals surface area contributed by atoms with E-state index in [0.29, 0.717) is 12.8 Å². The molecule has 1 atom stereocenters. The lowest BCUT2D eigenvalue weighted by Crippen LogP contribution is -2.25. The molecule has 1 N–H and O–H groups in total. The first-order chi connectivity index (χ1) is 24.6. The second-order valence-corrected chi connectivity index (χ2v) is 13.0. The Labute approximate surface area is 307 Å². The van der Waals surface area contributed by atoms with Crippen molar-refractivity contribution >= 4 is 11.9 Å². The minimum Gasteiger partial charge on any atom is -0.463 e. The van der Waals surface area contributed by atoms with Crippen molar-refractivity contribution in [3.05, 3.63) is 85.1 Å². The van der Waals surface area contributed by atoms with E-state index >= 15 is 0 Å². The molecule has 284 valence electrons. The first-order valence-corrected chi connectivity index (χ1v) is 20.1. The minimum absolute atomic E-state index is 0.148. The largest absolute Gasteiger partial charge is 0.463 e. The standard InChI is InChI=1S/C45H74O5/c1-3-5-7-9-11-13-15-17-19-21-22-24-26-28-30-32-34-36-38-40-45(48)50-42-43(46)41-49-44(47)39-37-35-33-31-29-27-25-23-20-18-16-14-12-10-8-6-4-2/h11-14,17-20,22,24,28,30,34,36,43,46H,3-10,15-16,21,23,25-27,29,31-33,35,37-42H2,1-2H3/b13-11-,14-12-,19-17-,20-18-,24-22-,30-28-,36-34-/t43-/m1/s1. The smallest absolute Gasteiger partial charge is 0.306 e. The van der Waals surface area contributed by atoms with Crippen LogP contribution in [0.1, 0.15) is 168 Å². The van der Waals surface area contributed by atoms with Gasteiger partial charge in [-0.1, -0.05) is 157 Å². The molecule has 5 nitrogen and oxygen atoms in total. The number of allylic oxidation sites excluding steroid dienone is 14. The van der Waals surface area contributed by atoms with Crippen molar-refractivity contribution in [1.82, 2.24) is 0 Å². The molecule has 0 unspecified atom stereocenters. The normalized spacial score (nSPS) is 13.1. The maximum atomic E-state index is 12.0. The molecule has 0 amide bonds. The first kappa shape index (κ1) is 47.1. The Balaban J connectivity index is 3.60. The van der Waals surface area contributed by atoms with E-state index in [0.717, 1.165) is 57.8 Å². The summed E-state index contributed by atoms with van der Waals surface area (Å²) in [7, 11) is 0. The predicted molar refractivity (Wildman–Crippen MR) is 214 cm³/mol. The van der Waals surface area contributed by atoms with E-state index in [2.05, 4.69) is 86.8 Å². The Kier molecular flexibility index (Phi) is 38.1. The number of aliphatic hydroxyl groups excluding tert-OH is 1. The van der Waals surface area contributed by atoms with Crippen molar-refractivity contribution in [3.8, 4) is 0 Å². The van der Waals surface area contributed by atoms with Crippen LogP contribution in [0.25, 0.3) is 0 Å². The van der Waals surface area contributed by atoms with Crippen LogP contribution in [0.2, 0.25) is 0 Å². The summed E-state index contributed by atoms with van der Waals surface area (Å²) < 4.78 is 10.3. The topological polar surface area (TPSA) is 72.8 Å². The first-order valence-electron chi connectivity index (χ1n) is 20.1. The lowest BCUT2D eigenvalue weighted by Gasteiger charge is -2.12. The summed E-state index contributed by atoms with van der Waals surface area (Å²) in [5.74, 6) is -0.674. The predicted octanol–water partition coefficient (Wildman–Crippen LogP) is 12.7. The highest BCUT2D eigenvalue weighted by molar-refractivity contribution is 5.70. The number of aliphatic hydroxyl groups is 1. The number of carbonyl (C=O) groups is 2. The Bertz CT molecular complexity index is 968. The number of esters is 2. The van der Waals surface area contributed by atoms with E-state index in [1.807, 2.05) is 12.2 Å². The van der Waals surface area contributed by atoms with Gasteiger partial charge in [0.2, 0.25) is 0 Å². The quantitative estimate of drug-likeness (QED) is 0.0406. The Hall–Kier alpha value is -2.92. The minimum atomic E-state index is -1.00. The van der Waals surface area contributed by atoms with Gasteiger partial charge >= 0.3 is 11.9 Å². The summed E-state index contributed by atoms with van der Waals surface area (Å²) in [5, 5.41) is 10.0. The van der Waals surface area contributed by atoms with Crippen LogP contribution in [0.4, 0.5) is 0 Å². The van der Waals surface area contributed by atoms with E-state index in [1.165, 1.54) is 77.0 Å². The molecule has 0 aliphatic carbocycles. The van der Waals surface area contributed by atoms with Gasteiger partial charge in [-0.3, -0.25) is 9.59 Å². The molecule has 0 saturated carbocycles. The molecular formula is C45H74O5. The van der Waals surface area contributed by atoms with Crippen molar-refractivity contribution in [2.45, 2.75) is 174 Å². The fourth-order valence-electron chi connectivity index (χ4n) is 5.04. The molecule has 0 aromatic heterocycles. The highest BCUT2D eigenvalue weighted by atomic mass is 16.6. The van der Waals surface area contributed by atoms with Gasteiger partial charge in [0.15, 0.2) is 0 Å². The lowest BCUT2D eigenvalue weighted by atomic mass is 10.1. The molecule has 0 bridgehead atoms. The molecule has 50 heavy (non-hydrogen) atoms. The second-order valence-electron chi connectivity index (χ2n) is 13.0. The van der Waals surface area contributed by atoms with Crippen molar-refractivity contribution in [2.75, 3.05) is 13.2 Å². The fourth-order valence-corrected chi connectivity index (χ4v) is 5.04. The number of hydrogen-bond acceptors (Lipinski definition) is 5. The zero-order valence-electron chi connectivity index (χ0n) is 32.1. The van der Waals surface area contributed by atoms with Crippen molar-refractivity contribution in [2.24, 2.45) is 0 Å². The van der Waals surface area contributed by atoms with Crippen LogP contribution < -0.4 is 0 Å². The SMILES string of the molecule is CCCCC/C=C\C/C=C\C/C=C\C/C=C\C/C=C\CCC(=O)OC[C@H](O)COC(=O)CCCCCCCCC/C=C\C/C=C\CCCCC. The maximum absolute atomic E-state index is 12.0. The maximum Gasteiger partial charge on any atom is 0.306 e. The zero-order chi connectivity index (χ0) is 36.4. The van der Waals surface area contributed by atoms with E-state index in [1.54, 1.807) is 0 Å². The summed E-state index contributed by atoms with van der Waals surface area (Å²) in [4.78, 5) is 23.9. The summed E-state index contributed by atoms with van der Waals surface area (Å²) >= 11 is 0. The summed E-state index contributed by atoms with van der Waals surface area (Å²) in [6.45, 7) is 4.16. The molecule has 0 aromatic carbocycles. The summed E-state index contributed by atoms with van der Waals surface area (Å²) in [6, 6.07) is 0.